The highest BCUT2D eigenvalue weighted by Gasteiger charge is 2.35. The topological polar surface area (TPSA) is 79.1 Å². The van der Waals surface area contributed by atoms with E-state index in [0.29, 0.717) is 29.4 Å². The Morgan fingerprint density at radius 2 is 1.96 bits per heavy atom. The number of phenolic OH excluding ortho intramolecular Hbond substituents is 1. The van der Waals surface area contributed by atoms with Gasteiger partial charge in [-0.15, -0.1) is 0 Å². The molecular formula is C21H24N6O. The van der Waals surface area contributed by atoms with Crippen molar-refractivity contribution in [2.75, 3.05) is 11.9 Å². The molecule has 0 saturated carbocycles. The van der Waals surface area contributed by atoms with Crippen LogP contribution in [0.1, 0.15) is 25.7 Å². The number of phenols is 1. The Bertz CT molecular complexity index is 944. The monoisotopic (exact) mass is 376 g/mol. The first-order valence-electron chi connectivity index (χ1n) is 9.80. The Kier molecular flexibility index (Phi) is 4.24. The zero-order valence-electron chi connectivity index (χ0n) is 15.9. The molecule has 2 N–H and O–H groups in total. The predicted octanol–water partition coefficient (Wildman–Crippen LogP) is 2.75. The highest BCUT2D eigenvalue weighted by molar-refractivity contribution is 5.68. The second-order valence-electron chi connectivity index (χ2n) is 7.81. The molecule has 2 fully saturated rings. The molecule has 0 radical (unpaired) electrons. The van der Waals surface area contributed by atoms with Crippen LogP contribution in [0.5, 0.6) is 5.75 Å². The lowest BCUT2D eigenvalue weighted by atomic mass is 9.98. The van der Waals surface area contributed by atoms with E-state index in [-0.39, 0.29) is 5.75 Å². The maximum absolute atomic E-state index is 10.5. The number of nitrogens with zero attached hydrogens (tertiary/aromatic N) is 5. The lowest BCUT2D eigenvalue weighted by Crippen LogP contribution is -2.47. The van der Waals surface area contributed by atoms with Gasteiger partial charge in [-0.3, -0.25) is 4.98 Å². The van der Waals surface area contributed by atoms with Crippen molar-refractivity contribution in [1.29, 1.82) is 0 Å². The summed E-state index contributed by atoms with van der Waals surface area (Å²) < 4.78 is 1.85. The number of nitrogens with one attached hydrogen (secondary N) is 1. The fourth-order valence-electron chi connectivity index (χ4n) is 4.48. The number of piperidine rings is 1. The molecule has 2 bridgehead atoms. The van der Waals surface area contributed by atoms with E-state index < -0.39 is 0 Å². The standard InChI is InChI=1S/C21H24N6O/c1-26(17-8-14-2-3-15(9-17)25-14)21-12-23-19(11-24-21)18-5-4-16(10-20(18)28)27-7-6-22-13-27/h4-7,10-15,17,25,28H,2-3,8-9H2,1H3. The highest BCUT2D eigenvalue weighted by atomic mass is 16.3. The first-order valence-corrected chi connectivity index (χ1v) is 9.80. The van der Waals surface area contributed by atoms with E-state index in [2.05, 4.69) is 32.2 Å². The van der Waals surface area contributed by atoms with E-state index in [1.54, 1.807) is 24.8 Å². The molecule has 0 aliphatic carbocycles. The maximum atomic E-state index is 10.5. The minimum Gasteiger partial charge on any atom is -0.507 e. The smallest absolute Gasteiger partial charge is 0.147 e. The van der Waals surface area contributed by atoms with Crippen LogP contribution in [0.15, 0.2) is 49.3 Å². The molecule has 3 aromatic rings. The number of fused-ring (bicyclic) bond motifs is 2. The van der Waals surface area contributed by atoms with E-state index >= 15 is 0 Å². The van der Waals surface area contributed by atoms with Crippen LogP contribution >= 0.6 is 0 Å². The van der Waals surface area contributed by atoms with Gasteiger partial charge in [0.05, 0.1) is 30.1 Å². The van der Waals surface area contributed by atoms with E-state index in [1.807, 2.05) is 29.1 Å². The number of benzene rings is 1. The van der Waals surface area contributed by atoms with Gasteiger partial charge in [0.2, 0.25) is 0 Å². The van der Waals surface area contributed by atoms with Crippen molar-refractivity contribution in [3.63, 3.8) is 0 Å². The first-order chi connectivity index (χ1) is 13.7. The van der Waals surface area contributed by atoms with Gasteiger partial charge in [-0.05, 0) is 37.8 Å². The van der Waals surface area contributed by atoms with Gasteiger partial charge in [-0.2, -0.15) is 0 Å². The number of rotatable bonds is 4. The van der Waals surface area contributed by atoms with Crippen molar-refractivity contribution < 1.29 is 5.11 Å². The second kappa shape index (κ2) is 6.91. The predicted molar refractivity (Wildman–Crippen MR) is 108 cm³/mol. The van der Waals surface area contributed by atoms with Crippen LogP contribution in [-0.4, -0.2) is 49.8 Å². The zero-order valence-corrected chi connectivity index (χ0v) is 15.9. The summed E-state index contributed by atoms with van der Waals surface area (Å²) >= 11 is 0. The molecule has 0 spiro atoms. The summed E-state index contributed by atoms with van der Waals surface area (Å²) in [5.41, 5.74) is 2.19. The van der Waals surface area contributed by atoms with Crippen molar-refractivity contribution >= 4 is 5.82 Å². The van der Waals surface area contributed by atoms with Crippen molar-refractivity contribution in [1.82, 2.24) is 24.8 Å². The molecule has 2 unspecified atom stereocenters. The minimum absolute atomic E-state index is 0.177. The number of aromatic hydroxyl groups is 1. The average molecular weight is 376 g/mol. The summed E-state index contributed by atoms with van der Waals surface area (Å²) in [7, 11) is 2.11. The normalized spacial score (nSPS) is 23.7. The van der Waals surface area contributed by atoms with Gasteiger partial charge in [0, 0.05) is 49.2 Å². The summed E-state index contributed by atoms with van der Waals surface area (Å²) in [6, 6.07) is 7.30. The lowest BCUT2D eigenvalue weighted by molar-refractivity contribution is 0.353. The molecule has 2 aromatic heterocycles. The third-order valence-electron chi connectivity index (χ3n) is 6.06. The van der Waals surface area contributed by atoms with Gasteiger partial charge in [0.15, 0.2) is 0 Å². The van der Waals surface area contributed by atoms with Crippen LogP contribution in [0.4, 0.5) is 5.82 Å². The summed E-state index contributed by atoms with van der Waals surface area (Å²) in [6.07, 6.45) is 13.7. The number of anilines is 1. The van der Waals surface area contributed by atoms with E-state index in [9.17, 15) is 5.11 Å². The van der Waals surface area contributed by atoms with Gasteiger partial charge < -0.3 is 19.9 Å². The summed E-state index contributed by atoms with van der Waals surface area (Å²) in [5, 5.41) is 14.2. The minimum atomic E-state index is 0.177. The second-order valence-corrected chi connectivity index (χ2v) is 7.81. The molecule has 7 heteroatoms. The van der Waals surface area contributed by atoms with Crippen LogP contribution in [-0.2, 0) is 0 Å². The molecule has 1 aromatic carbocycles. The molecule has 7 nitrogen and oxygen atoms in total. The molecule has 2 saturated heterocycles. The Morgan fingerprint density at radius 1 is 1.14 bits per heavy atom. The molecular weight excluding hydrogens is 352 g/mol. The summed E-state index contributed by atoms with van der Waals surface area (Å²) in [6.45, 7) is 0. The maximum Gasteiger partial charge on any atom is 0.147 e. The van der Waals surface area contributed by atoms with Crippen LogP contribution < -0.4 is 10.2 Å². The van der Waals surface area contributed by atoms with Crippen molar-refractivity contribution in [2.45, 2.75) is 43.8 Å². The third-order valence-corrected chi connectivity index (χ3v) is 6.06. The number of hydrogen-bond acceptors (Lipinski definition) is 6. The molecule has 144 valence electrons. The fourth-order valence-corrected chi connectivity index (χ4v) is 4.48. The van der Waals surface area contributed by atoms with Crippen molar-refractivity contribution in [3.8, 4) is 22.7 Å². The number of hydrogen-bond donors (Lipinski definition) is 2. The van der Waals surface area contributed by atoms with E-state index in [1.165, 1.54) is 12.8 Å². The lowest BCUT2D eigenvalue weighted by Gasteiger charge is -2.36. The van der Waals surface area contributed by atoms with Crippen molar-refractivity contribution in [2.24, 2.45) is 0 Å². The first kappa shape index (κ1) is 17.2. The van der Waals surface area contributed by atoms with Crippen LogP contribution in [0.3, 0.4) is 0 Å². The summed E-state index contributed by atoms with van der Waals surface area (Å²) in [4.78, 5) is 15.5. The van der Waals surface area contributed by atoms with E-state index in [0.717, 1.165) is 24.3 Å². The molecule has 2 atom stereocenters. The number of aromatic nitrogens is 4. The van der Waals surface area contributed by atoms with Gasteiger partial charge in [-0.1, -0.05) is 0 Å². The third kappa shape index (κ3) is 3.11. The van der Waals surface area contributed by atoms with Gasteiger partial charge in [-0.25, -0.2) is 9.97 Å². The Morgan fingerprint density at radius 3 is 2.61 bits per heavy atom. The highest BCUT2D eigenvalue weighted by Crippen LogP contribution is 2.32. The molecule has 2 aliphatic rings. The molecule has 2 aliphatic heterocycles. The van der Waals surface area contributed by atoms with Gasteiger partial charge in [0.25, 0.3) is 0 Å². The molecule has 5 rings (SSSR count). The Hall–Kier alpha value is -2.93. The van der Waals surface area contributed by atoms with Crippen LogP contribution in [0.2, 0.25) is 0 Å². The summed E-state index contributed by atoms with van der Waals surface area (Å²) in [5.74, 6) is 1.06. The fraction of sp³-hybridized carbons (Fsp3) is 0.381. The molecule has 4 heterocycles. The number of imidazole rings is 1. The van der Waals surface area contributed by atoms with E-state index in [4.69, 9.17) is 0 Å². The Labute approximate surface area is 164 Å². The quantitative estimate of drug-likeness (QED) is 0.729. The SMILES string of the molecule is CN(c1cnc(-c2ccc(-n3ccnc3)cc2O)cn1)C1CC2CCC(C1)N2. The van der Waals surface area contributed by atoms with Crippen molar-refractivity contribution in [3.05, 3.63) is 49.3 Å². The molecule has 28 heavy (non-hydrogen) atoms. The molecule has 0 amide bonds. The van der Waals surface area contributed by atoms with Gasteiger partial charge >= 0.3 is 0 Å². The Balaban J connectivity index is 1.35. The van der Waals surface area contributed by atoms with Gasteiger partial charge in [0.1, 0.15) is 11.6 Å². The average Bonchev–Trinajstić information content (AvgIpc) is 3.37. The zero-order chi connectivity index (χ0) is 19.1. The van der Waals surface area contributed by atoms with Crippen LogP contribution in [0, 0.1) is 0 Å². The largest absolute Gasteiger partial charge is 0.507 e. The van der Waals surface area contributed by atoms with Crippen LogP contribution in [0.25, 0.3) is 16.9 Å².